The highest BCUT2D eigenvalue weighted by atomic mass is 19.1. The summed E-state index contributed by atoms with van der Waals surface area (Å²) in [4.78, 5) is 2.97. The van der Waals surface area contributed by atoms with Crippen LogP contribution in [0.4, 0.5) is 8.78 Å². The fourth-order valence-electron chi connectivity index (χ4n) is 1.21. The Bertz CT molecular complexity index is 339. The highest BCUT2D eigenvalue weighted by molar-refractivity contribution is 5.22. The molecule has 1 saturated heterocycles. The standard InChI is InChI=1S/C8H7F2NO2/c9-6-2-1-5(7(10)11-6)8(12)3-13-4-8/h1-2,12H,3-4H2. The van der Waals surface area contributed by atoms with Crippen molar-refractivity contribution in [3.8, 4) is 0 Å². The summed E-state index contributed by atoms with van der Waals surface area (Å²) < 4.78 is 30.1. The van der Waals surface area contributed by atoms with Crippen LogP contribution in [0.25, 0.3) is 0 Å². The Balaban J connectivity index is 2.40. The number of pyridine rings is 1. The van der Waals surface area contributed by atoms with E-state index in [1.807, 2.05) is 0 Å². The molecule has 70 valence electrons. The summed E-state index contributed by atoms with van der Waals surface area (Å²) in [7, 11) is 0. The van der Waals surface area contributed by atoms with Crippen molar-refractivity contribution >= 4 is 0 Å². The topological polar surface area (TPSA) is 42.4 Å². The molecule has 1 fully saturated rings. The van der Waals surface area contributed by atoms with Crippen LogP contribution in [-0.4, -0.2) is 23.3 Å². The van der Waals surface area contributed by atoms with Crippen LogP contribution in [0.2, 0.25) is 0 Å². The van der Waals surface area contributed by atoms with Gasteiger partial charge in [0, 0.05) is 5.56 Å². The smallest absolute Gasteiger partial charge is 0.221 e. The van der Waals surface area contributed by atoms with Gasteiger partial charge in [-0.2, -0.15) is 13.8 Å². The lowest BCUT2D eigenvalue weighted by molar-refractivity contribution is -0.186. The van der Waals surface area contributed by atoms with Crippen molar-refractivity contribution in [1.82, 2.24) is 4.98 Å². The largest absolute Gasteiger partial charge is 0.380 e. The first-order valence-corrected chi connectivity index (χ1v) is 3.74. The van der Waals surface area contributed by atoms with Gasteiger partial charge in [-0.15, -0.1) is 0 Å². The highest BCUT2D eigenvalue weighted by Gasteiger charge is 2.40. The number of rotatable bonds is 1. The normalized spacial score (nSPS) is 19.6. The van der Waals surface area contributed by atoms with E-state index in [0.717, 1.165) is 6.07 Å². The summed E-state index contributed by atoms with van der Waals surface area (Å²) in [5.74, 6) is -1.88. The third-order valence-electron chi connectivity index (χ3n) is 2.00. The molecular weight excluding hydrogens is 180 g/mol. The Kier molecular flexibility index (Phi) is 1.78. The second-order valence-electron chi connectivity index (χ2n) is 3.00. The summed E-state index contributed by atoms with van der Waals surface area (Å²) in [6.45, 7) is 0.0501. The molecule has 0 radical (unpaired) electrons. The van der Waals surface area contributed by atoms with Crippen LogP contribution in [-0.2, 0) is 10.3 Å². The highest BCUT2D eigenvalue weighted by Crippen LogP contribution is 2.30. The molecule has 0 atom stereocenters. The number of halogens is 2. The second kappa shape index (κ2) is 2.71. The van der Waals surface area contributed by atoms with Gasteiger partial charge in [-0.05, 0) is 12.1 Å². The molecule has 2 heterocycles. The Morgan fingerprint density at radius 2 is 2.08 bits per heavy atom. The zero-order valence-corrected chi connectivity index (χ0v) is 6.63. The van der Waals surface area contributed by atoms with E-state index in [-0.39, 0.29) is 18.8 Å². The van der Waals surface area contributed by atoms with Crippen LogP contribution in [0.1, 0.15) is 5.56 Å². The average molecular weight is 187 g/mol. The Morgan fingerprint density at radius 1 is 1.38 bits per heavy atom. The first kappa shape index (κ1) is 8.52. The van der Waals surface area contributed by atoms with Crippen LogP contribution in [0.15, 0.2) is 12.1 Å². The lowest BCUT2D eigenvalue weighted by Gasteiger charge is -2.36. The Labute approximate surface area is 73.0 Å². The van der Waals surface area contributed by atoms with Gasteiger partial charge >= 0.3 is 0 Å². The van der Waals surface area contributed by atoms with E-state index in [4.69, 9.17) is 4.74 Å². The van der Waals surface area contributed by atoms with Gasteiger partial charge in [0.2, 0.25) is 11.9 Å². The molecule has 5 heteroatoms. The predicted octanol–water partition coefficient (Wildman–Crippen LogP) is 0.578. The molecule has 1 aromatic rings. The Hall–Kier alpha value is -1.07. The summed E-state index contributed by atoms with van der Waals surface area (Å²) in [6, 6.07) is 2.19. The zero-order valence-electron chi connectivity index (χ0n) is 6.63. The van der Waals surface area contributed by atoms with Gasteiger partial charge in [-0.3, -0.25) is 0 Å². The van der Waals surface area contributed by atoms with Crippen molar-refractivity contribution < 1.29 is 18.6 Å². The minimum atomic E-state index is -1.33. The maximum atomic E-state index is 13.0. The van der Waals surface area contributed by atoms with E-state index >= 15 is 0 Å². The molecule has 0 aliphatic carbocycles. The van der Waals surface area contributed by atoms with E-state index in [1.54, 1.807) is 0 Å². The summed E-state index contributed by atoms with van der Waals surface area (Å²) >= 11 is 0. The van der Waals surface area contributed by atoms with Gasteiger partial charge in [0.15, 0.2) is 0 Å². The van der Waals surface area contributed by atoms with Crippen molar-refractivity contribution in [2.24, 2.45) is 0 Å². The minimum absolute atomic E-state index is 0.0137. The lowest BCUT2D eigenvalue weighted by atomic mass is 9.93. The molecule has 3 nitrogen and oxygen atoms in total. The van der Waals surface area contributed by atoms with Crippen molar-refractivity contribution in [3.63, 3.8) is 0 Å². The van der Waals surface area contributed by atoms with E-state index in [0.29, 0.717) is 0 Å². The zero-order chi connectivity index (χ0) is 9.47. The molecule has 1 aliphatic rings. The SMILES string of the molecule is OC1(c2ccc(F)nc2F)COC1. The fourth-order valence-corrected chi connectivity index (χ4v) is 1.21. The van der Waals surface area contributed by atoms with Crippen molar-refractivity contribution in [1.29, 1.82) is 0 Å². The first-order valence-electron chi connectivity index (χ1n) is 3.74. The van der Waals surface area contributed by atoms with E-state index in [2.05, 4.69) is 4.98 Å². The molecule has 0 saturated carbocycles. The van der Waals surface area contributed by atoms with Gasteiger partial charge in [0.05, 0.1) is 13.2 Å². The van der Waals surface area contributed by atoms with Crippen LogP contribution in [0, 0.1) is 11.9 Å². The van der Waals surface area contributed by atoms with Gasteiger partial charge < -0.3 is 9.84 Å². The van der Waals surface area contributed by atoms with E-state index in [1.165, 1.54) is 6.07 Å². The number of nitrogens with zero attached hydrogens (tertiary/aromatic N) is 1. The van der Waals surface area contributed by atoms with Gasteiger partial charge in [0.25, 0.3) is 0 Å². The number of hydrogen-bond donors (Lipinski definition) is 1. The average Bonchev–Trinajstić information content (AvgIpc) is 2.00. The molecular formula is C8H7F2NO2. The number of aromatic nitrogens is 1. The quantitative estimate of drug-likeness (QED) is 0.654. The number of ether oxygens (including phenoxy) is 1. The van der Waals surface area contributed by atoms with E-state index in [9.17, 15) is 13.9 Å². The molecule has 0 aromatic carbocycles. The number of aliphatic hydroxyl groups is 1. The van der Waals surface area contributed by atoms with Gasteiger partial charge in [-0.25, -0.2) is 0 Å². The molecule has 1 aliphatic heterocycles. The maximum absolute atomic E-state index is 13.0. The van der Waals surface area contributed by atoms with Crippen LogP contribution in [0.5, 0.6) is 0 Å². The summed E-state index contributed by atoms with van der Waals surface area (Å²) in [6.07, 6.45) is 0. The van der Waals surface area contributed by atoms with Crippen LogP contribution >= 0.6 is 0 Å². The monoisotopic (exact) mass is 187 g/mol. The third kappa shape index (κ3) is 1.30. The molecule has 1 N–H and O–H groups in total. The molecule has 0 bridgehead atoms. The fraction of sp³-hybridized carbons (Fsp3) is 0.375. The maximum Gasteiger partial charge on any atom is 0.221 e. The van der Waals surface area contributed by atoms with Crippen molar-refractivity contribution in [2.75, 3.05) is 13.2 Å². The lowest BCUT2D eigenvalue weighted by Crippen LogP contribution is -2.47. The summed E-state index contributed by atoms with van der Waals surface area (Å²) in [5.41, 5.74) is -1.34. The van der Waals surface area contributed by atoms with Crippen LogP contribution < -0.4 is 0 Å². The number of hydrogen-bond acceptors (Lipinski definition) is 3. The summed E-state index contributed by atoms with van der Waals surface area (Å²) in [5, 5.41) is 9.63. The Morgan fingerprint density at radius 3 is 2.54 bits per heavy atom. The van der Waals surface area contributed by atoms with Crippen molar-refractivity contribution in [2.45, 2.75) is 5.60 Å². The van der Waals surface area contributed by atoms with E-state index < -0.39 is 17.5 Å². The minimum Gasteiger partial charge on any atom is -0.380 e. The van der Waals surface area contributed by atoms with Crippen LogP contribution in [0.3, 0.4) is 0 Å². The van der Waals surface area contributed by atoms with Gasteiger partial charge in [0.1, 0.15) is 5.60 Å². The molecule has 0 unspecified atom stereocenters. The second-order valence-corrected chi connectivity index (χ2v) is 3.00. The first-order chi connectivity index (χ1) is 6.12. The third-order valence-corrected chi connectivity index (χ3v) is 2.00. The molecule has 13 heavy (non-hydrogen) atoms. The molecule has 1 aromatic heterocycles. The molecule has 2 rings (SSSR count). The predicted molar refractivity (Wildman–Crippen MR) is 38.9 cm³/mol. The van der Waals surface area contributed by atoms with Gasteiger partial charge in [-0.1, -0.05) is 0 Å². The molecule has 0 amide bonds. The van der Waals surface area contributed by atoms with Crippen molar-refractivity contribution in [3.05, 3.63) is 29.6 Å². The molecule has 0 spiro atoms.